The van der Waals surface area contributed by atoms with Gasteiger partial charge in [-0.3, -0.25) is 0 Å². The van der Waals surface area contributed by atoms with Crippen LogP contribution in [0.2, 0.25) is 0 Å². The van der Waals surface area contributed by atoms with Crippen molar-refractivity contribution in [3.8, 4) is 0 Å². The van der Waals surface area contributed by atoms with Gasteiger partial charge in [0.1, 0.15) is 11.9 Å². The zero-order valence-corrected chi connectivity index (χ0v) is 8.10. The first kappa shape index (κ1) is 8.75. The Morgan fingerprint density at radius 2 is 2.33 bits per heavy atom. The number of fused-ring (bicyclic) bond motifs is 1. The van der Waals surface area contributed by atoms with Crippen molar-refractivity contribution in [2.24, 2.45) is 0 Å². The van der Waals surface area contributed by atoms with E-state index in [9.17, 15) is 0 Å². The number of nitrogens with zero attached hydrogens (tertiary/aromatic N) is 3. The molecule has 0 radical (unpaired) electrons. The molecule has 0 unspecified atom stereocenters. The average Bonchev–Trinajstić information content (AvgIpc) is 2.74. The molecule has 2 aromatic rings. The first-order valence-electron chi connectivity index (χ1n) is 4.92. The largest absolute Gasteiger partial charge is 0.368 e. The minimum absolute atomic E-state index is 0. The van der Waals surface area contributed by atoms with Gasteiger partial charge in [0.15, 0.2) is 11.3 Å². The van der Waals surface area contributed by atoms with Crippen LogP contribution in [0, 0.1) is 0 Å². The highest BCUT2D eigenvalue weighted by molar-refractivity contribution is 5.64. The summed E-state index contributed by atoms with van der Waals surface area (Å²) >= 11 is 0. The maximum atomic E-state index is 5.58. The normalized spacial score (nSPS) is 22.0. The van der Waals surface area contributed by atoms with Crippen LogP contribution < -0.4 is 5.32 Å². The van der Waals surface area contributed by atoms with Crippen LogP contribution in [0.3, 0.4) is 0 Å². The van der Waals surface area contributed by atoms with Crippen LogP contribution in [0.25, 0.3) is 11.3 Å². The summed E-state index contributed by atoms with van der Waals surface area (Å²) in [5, 5.41) is 3.25. The van der Waals surface area contributed by atoms with Crippen LogP contribution in [-0.4, -0.2) is 39.6 Å². The Kier molecular flexibility index (Phi) is 2.08. The second-order valence-electron chi connectivity index (χ2n) is 3.41. The number of aromatic nitrogens is 4. The van der Waals surface area contributed by atoms with Crippen molar-refractivity contribution in [3.63, 3.8) is 0 Å². The number of ether oxygens (including phenoxy) is 1. The van der Waals surface area contributed by atoms with Crippen molar-refractivity contribution in [3.05, 3.63) is 18.2 Å². The summed E-state index contributed by atoms with van der Waals surface area (Å²) < 4.78 is 5.58. The van der Waals surface area contributed by atoms with Crippen LogP contribution in [-0.2, 0) is 4.74 Å². The fourth-order valence-electron chi connectivity index (χ4n) is 1.66. The van der Waals surface area contributed by atoms with E-state index in [4.69, 9.17) is 4.74 Å². The molecule has 3 rings (SSSR count). The highest BCUT2D eigenvalue weighted by atomic mass is 16.5. The molecule has 0 aromatic carbocycles. The Bertz CT molecular complexity index is 438. The van der Waals surface area contributed by atoms with Crippen LogP contribution >= 0.6 is 0 Å². The Hall–Kier alpha value is -1.53. The quantitative estimate of drug-likeness (QED) is 0.715. The number of H-pyrrole nitrogens is 1. The van der Waals surface area contributed by atoms with Crippen LogP contribution in [0.15, 0.2) is 12.4 Å². The van der Waals surface area contributed by atoms with E-state index in [2.05, 4.69) is 25.3 Å². The smallest absolute Gasteiger partial charge is 0.197 e. The van der Waals surface area contributed by atoms with E-state index < -0.39 is 0 Å². The molecule has 2 aromatic heterocycles. The first-order valence-corrected chi connectivity index (χ1v) is 4.92. The van der Waals surface area contributed by atoms with Crippen molar-refractivity contribution in [1.29, 1.82) is 0 Å². The van der Waals surface area contributed by atoms with E-state index >= 15 is 0 Å². The molecule has 1 atom stereocenters. The summed E-state index contributed by atoms with van der Waals surface area (Å²) in [5.74, 6) is 0.795. The van der Waals surface area contributed by atoms with Crippen molar-refractivity contribution >= 4 is 11.3 Å². The van der Waals surface area contributed by atoms with E-state index in [-0.39, 0.29) is 8.96 Å². The van der Waals surface area contributed by atoms with Gasteiger partial charge in [0.2, 0.25) is 0 Å². The predicted molar refractivity (Wildman–Crippen MR) is 57.5 cm³/mol. The van der Waals surface area contributed by atoms with E-state index in [0.29, 0.717) is 17.9 Å². The molecule has 82 valence electrons. The summed E-state index contributed by atoms with van der Waals surface area (Å²) in [7, 11) is 0. The topological polar surface area (TPSA) is 75.7 Å². The van der Waals surface area contributed by atoms with Crippen molar-refractivity contribution in [1.82, 2.24) is 25.3 Å². The second-order valence-corrected chi connectivity index (χ2v) is 3.41. The van der Waals surface area contributed by atoms with Crippen molar-refractivity contribution in [2.75, 3.05) is 19.7 Å². The molecule has 2 N–H and O–H groups in total. The molecule has 15 heavy (non-hydrogen) atoms. The molecule has 6 nitrogen and oxygen atoms in total. The number of rotatable bonds is 1. The second kappa shape index (κ2) is 3.56. The Morgan fingerprint density at radius 3 is 3.13 bits per heavy atom. The minimum atomic E-state index is -0.0188. The molecule has 0 aliphatic carbocycles. The average molecular weight is 209 g/mol. The van der Waals surface area contributed by atoms with Gasteiger partial charge in [-0.1, -0.05) is 0 Å². The van der Waals surface area contributed by atoms with Crippen LogP contribution in [0.4, 0.5) is 0 Å². The Balaban J connectivity index is 0.000000722. The lowest BCUT2D eigenvalue weighted by Crippen LogP contribution is -2.33. The van der Waals surface area contributed by atoms with Crippen molar-refractivity contribution in [2.45, 2.75) is 6.10 Å². The lowest BCUT2D eigenvalue weighted by atomic mass is 10.3. The van der Waals surface area contributed by atoms with Crippen LogP contribution in [0.1, 0.15) is 14.8 Å². The molecule has 0 amide bonds. The number of imidazole rings is 1. The van der Waals surface area contributed by atoms with Gasteiger partial charge >= 0.3 is 0 Å². The van der Waals surface area contributed by atoms with Gasteiger partial charge in [-0.05, 0) is 0 Å². The molecule has 3 heterocycles. The lowest BCUT2D eigenvalue weighted by molar-refractivity contribution is 0.0228. The molecule has 1 fully saturated rings. The predicted octanol–water partition coefficient (Wildman–Crippen LogP) is 0.506. The van der Waals surface area contributed by atoms with E-state index in [1.165, 1.54) is 0 Å². The summed E-state index contributed by atoms with van der Waals surface area (Å²) in [6.45, 7) is 2.38. The number of hydrogen-bond acceptors (Lipinski definition) is 5. The third kappa shape index (κ3) is 1.57. The van der Waals surface area contributed by atoms with Gasteiger partial charge in [-0.25, -0.2) is 15.0 Å². The zero-order chi connectivity index (χ0) is 10.1. The molecular formula is C9H15N5O. The van der Waals surface area contributed by atoms with E-state index in [0.717, 1.165) is 18.9 Å². The Morgan fingerprint density at radius 1 is 1.40 bits per heavy atom. The first-order chi connectivity index (χ1) is 7.43. The third-order valence-electron chi connectivity index (χ3n) is 2.38. The number of nitrogens with one attached hydrogen (secondary N) is 2. The summed E-state index contributed by atoms with van der Waals surface area (Å²) in [4.78, 5) is 15.7. The summed E-state index contributed by atoms with van der Waals surface area (Å²) in [6.07, 6.45) is 3.26. The highest BCUT2D eigenvalue weighted by Gasteiger charge is 2.19. The zero-order valence-electron chi connectivity index (χ0n) is 8.10. The SMILES string of the molecule is [HH].[HH].c1cnc2[nH]c([C@@H]3CNCCO3)nc2n1. The van der Waals surface area contributed by atoms with Gasteiger partial charge in [0, 0.05) is 28.3 Å². The molecule has 0 spiro atoms. The van der Waals surface area contributed by atoms with Gasteiger partial charge in [-0.15, -0.1) is 0 Å². The standard InChI is InChI=1S/C9H11N5O.2H2/c1-2-12-9-8(11-1)13-7(14-9)6-5-10-3-4-15-6;;/h1-2,6,10H,3-5H2,(H,11,12,13,14);2*1H/t6-;;/m0../s1. The fraction of sp³-hybridized carbons (Fsp3) is 0.444. The lowest BCUT2D eigenvalue weighted by Gasteiger charge is -2.21. The van der Waals surface area contributed by atoms with Gasteiger partial charge < -0.3 is 15.0 Å². The molecule has 1 saturated heterocycles. The van der Waals surface area contributed by atoms with Gasteiger partial charge in [0.25, 0.3) is 0 Å². The maximum absolute atomic E-state index is 5.58. The van der Waals surface area contributed by atoms with Gasteiger partial charge in [0.05, 0.1) is 6.61 Å². The highest BCUT2D eigenvalue weighted by Crippen LogP contribution is 2.17. The maximum Gasteiger partial charge on any atom is 0.197 e. The number of morpholine rings is 1. The monoisotopic (exact) mass is 209 g/mol. The van der Waals surface area contributed by atoms with Crippen LogP contribution in [0.5, 0.6) is 0 Å². The third-order valence-corrected chi connectivity index (χ3v) is 2.38. The number of hydrogen-bond donors (Lipinski definition) is 2. The molecule has 0 saturated carbocycles. The molecule has 1 aliphatic heterocycles. The number of aromatic amines is 1. The van der Waals surface area contributed by atoms with E-state index in [1.807, 2.05) is 0 Å². The summed E-state index contributed by atoms with van der Waals surface area (Å²) in [6, 6.07) is 0. The molecule has 1 aliphatic rings. The van der Waals surface area contributed by atoms with Crippen molar-refractivity contribution < 1.29 is 7.59 Å². The summed E-state index contributed by atoms with van der Waals surface area (Å²) in [5.41, 5.74) is 1.35. The molecule has 0 bridgehead atoms. The molecular weight excluding hydrogens is 194 g/mol. The molecule has 6 heteroatoms. The van der Waals surface area contributed by atoms with Gasteiger partial charge in [-0.2, -0.15) is 0 Å². The minimum Gasteiger partial charge on any atom is -0.368 e. The fourth-order valence-corrected chi connectivity index (χ4v) is 1.66. The van der Waals surface area contributed by atoms with E-state index in [1.54, 1.807) is 12.4 Å². The Labute approximate surface area is 89.1 Å².